The van der Waals surface area contributed by atoms with Gasteiger partial charge in [-0.3, -0.25) is 4.99 Å². The zero-order valence-electron chi connectivity index (χ0n) is 14.2. The summed E-state index contributed by atoms with van der Waals surface area (Å²) in [6.45, 7) is 1.94. The van der Waals surface area contributed by atoms with E-state index in [4.69, 9.17) is 0 Å². The topological polar surface area (TPSA) is 24.4 Å². The predicted molar refractivity (Wildman–Crippen MR) is 119 cm³/mol. The summed E-state index contributed by atoms with van der Waals surface area (Å²) in [5.41, 5.74) is 3.14. The largest absolute Gasteiger partial charge is 0.310 e. The van der Waals surface area contributed by atoms with Crippen LogP contribution in [0.15, 0.2) is 41.4 Å². The molecule has 1 unspecified atom stereocenters. The van der Waals surface area contributed by atoms with E-state index in [1.807, 2.05) is 6.07 Å². The van der Waals surface area contributed by atoms with Gasteiger partial charge in [-0.25, -0.2) is 8.78 Å². The fourth-order valence-corrected chi connectivity index (χ4v) is 4.57. The zero-order chi connectivity index (χ0) is 18.5. The maximum absolute atomic E-state index is 13.0. The lowest BCUT2D eigenvalue weighted by atomic mass is 10.1. The third-order valence-corrected chi connectivity index (χ3v) is 6.43. The number of hydrogen-bond donors (Lipinski definition) is 1. The lowest BCUT2D eigenvalue weighted by Crippen LogP contribution is -2.14. The van der Waals surface area contributed by atoms with Crippen molar-refractivity contribution in [1.82, 2.24) is 5.32 Å². The van der Waals surface area contributed by atoms with Gasteiger partial charge in [-0.1, -0.05) is 0 Å². The molecule has 138 valence electrons. The van der Waals surface area contributed by atoms with Crippen molar-refractivity contribution in [1.29, 1.82) is 0 Å². The standard InChI is InChI=1S/C10H11FIN.C10H9FIN/c2*11-7-3-4-9(12)8(6-7)10-2-1-5-13-10/h3-4,6,10,13H,1-2,5H2;3-4,6H,1-2,5H2. The van der Waals surface area contributed by atoms with E-state index in [-0.39, 0.29) is 11.6 Å². The van der Waals surface area contributed by atoms with Crippen molar-refractivity contribution >= 4 is 50.9 Å². The van der Waals surface area contributed by atoms with Crippen molar-refractivity contribution < 1.29 is 8.78 Å². The van der Waals surface area contributed by atoms with Gasteiger partial charge in [-0.15, -0.1) is 0 Å². The lowest BCUT2D eigenvalue weighted by molar-refractivity contribution is 0.604. The molecule has 2 aromatic carbocycles. The van der Waals surface area contributed by atoms with Gasteiger partial charge in [0.1, 0.15) is 11.6 Å². The minimum Gasteiger partial charge on any atom is -0.310 e. The Kier molecular flexibility index (Phi) is 7.39. The Hall–Kier alpha value is -0.610. The van der Waals surface area contributed by atoms with Crippen LogP contribution in [0, 0.1) is 18.8 Å². The van der Waals surface area contributed by atoms with Gasteiger partial charge in [0.25, 0.3) is 0 Å². The van der Waals surface area contributed by atoms with E-state index in [1.165, 1.54) is 18.6 Å². The van der Waals surface area contributed by atoms with Crippen LogP contribution in [-0.4, -0.2) is 18.8 Å². The van der Waals surface area contributed by atoms with Crippen LogP contribution < -0.4 is 5.32 Å². The van der Waals surface area contributed by atoms with E-state index in [1.54, 1.807) is 18.2 Å². The Balaban J connectivity index is 0.000000151. The Bertz CT molecular complexity index is 802. The van der Waals surface area contributed by atoms with Gasteiger partial charge in [-0.2, -0.15) is 0 Å². The molecular formula is C20H20F2I2N2. The van der Waals surface area contributed by atoms with Gasteiger partial charge >= 0.3 is 0 Å². The average molecular weight is 580 g/mol. The van der Waals surface area contributed by atoms with E-state index in [0.29, 0.717) is 6.04 Å². The van der Waals surface area contributed by atoms with Crippen molar-refractivity contribution in [3.63, 3.8) is 0 Å². The summed E-state index contributed by atoms with van der Waals surface area (Å²) in [7, 11) is 0. The third kappa shape index (κ3) is 5.22. The van der Waals surface area contributed by atoms with Crippen LogP contribution in [0.5, 0.6) is 0 Å². The summed E-state index contributed by atoms with van der Waals surface area (Å²) >= 11 is 4.48. The molecule has 0 aliphatic carbocycles. The Morgan fingerprint density at radius 3 is 2.35 bits per heavy atom. The molecule has 2 nitrogen and oxygen atoms in total. The molecule has 0 radical (unpaired) electrons. The maximum atomic E-state index is 13.0. The average Bonchev–Trinajstić information content (AvgIpc) is 3.33. The molecule has 1 N–H and O–H groups in total. The van der Waals surface area contributed by atoms with Crippen LogP contribution in [0.4, 0.5) is 8.78 Å². The van der Waals surface area contributed by atoms with Crippen molar-refractivity contribution in [2.45, 2.75) is 31.7 Å². The molecular weight excluding hydrogens is 560 g/mol. The van der Waals surface area contributed by atoms with Gasteiger partial charge < -0.3 is 5.32 Å². The molecule has 0 bridgehead atoms. The van der Waals surface area contributed by atoms with E-state index in [2.05, 4.69) is 55.5 Å². The van der Waals surface area contributed by atoms with Crippen molar-refractivity contribution in [2.75, 3.05) is 13.1 Å². The highest BCUT2D eigenvalue weighted by molar-refractivity contribution is 14.1. The highest BCUT2D eigenvalue weighted by Gasteiger charge is 2.18. The van der Waals surface area contributed by atoms with E-state index in [0.717, 1.165) is 56.3 Å². The molecule has 1 fully saturated rings. The normalized spacial score (nSPS) is 19.1. The summed E-state index contributed by atoms with van der Waals surface area (Å²) < 4.78 is 28.1. The summed E-state index contributed by atoms with van der Waals surface area (Å²) in [6, 6.07) is 10.2. The molecule has 0 aromatic heterocycles. The van der Waals surface area contributed by atoms with Crippen molar-refractivity contribution in [2.24, 2.45) is 4.99 Å². The number of nitrogens with zero attached hydrogens (tertiary/aromatic N) is 1. The van der Waals surface area contributed by atoms with Gasteiger partial charge in [0.05, 0.1) is 0 Å². The fraction of sp³-hybridized carbons (Fsp3) is 0.350. The first-order chi connectivity index (χ1) is 12.5. The number of halogens is 4. The summed E-state index contributed by atoms with van der Waals surface area (Å²) in [5.74, 6) is -0.311. The minimum atomic E-state index is -0.176. The van der Waals surface area contributed by atoms with Crippen molar-refractivity contribution in [3.8, 4) is 0 Å². The second-order valence-corrected chi connectivity index (χ2v) is 8.70. The molecule has 4 rings (SSSR count). The van der Waals surface area contributed by atoms with E-state index < -0.39 is 0 Å². The molecule has 2 aromatic rings. The zero-order valence-corrected chi connectivity index (χ0v) is 18.6. The van der Waals surface area contributed by atoms with Crippen LogP contribution in [0.3, 0.4) is 0 Å². The van der Waals surface area contributed by atoms with Crippen LogP contribution in [0.1, 0.15) is 42.9 Å². The van der Waals surface area contributed by atoms with Gasteiger partial charge in [0.15, 0.2) is 0 Å². The number of hydrogen-bond acceptors (Lipinski definition) is 2. The number of aliphatic imine (C=N–C) groups is 1. The van der Waals surface area contributed by atoms with Crippen LogP contribution in [0.25, 0.3) is 0 Å². The summed E-state index contributed by atoms with van der Waals surface area (Å²) in [6.07, 6.45) is 4.40. The number of rotatable bonds is 2. The predicted octanol–water partition coefficient (Wildman–Crippen LogP) is 5.87. The third-order valence-electron chi connectivity index (χ3n) is 4.51. The molecule has 6 heteroatoms. The van der Waals surface area contributed by atoms with Crippen LogP contribution >= 0.6 is 45.2 Å². The molecule has 0 amide bonds. The summed E-state index contributed by atoms with van der Waals surface area (Å²) in [5, 5.41) is 3.37. The minimum absolute atomic E-state index is 0.135. The number of nitrogens with one attached hydrogen (secondary N) is 1. The van der Waals surface area contributed by atoms with E-state index >= 15 is 0 Å². The lowest BCUT2D eigenvalue weighted by Gasteiger charge is -2.12. The monoisotopic (exact) mass is 580 g/mol. The highest BCUT2D eigenvalue weighted by atomic mass is 127. The first kappa shape index (κ1) is 20.1. The smallest absolute Gasteiger partial charge is 0.123 e. The Labute approximate surface area is 180 Å². The Morgan fingerprint density at radius 2 is 1.69 bits per heavy atom. The second kappa shape index (κ2) is 9.54. The Morgan fingerprint density at radius 1 is 0.962 bits per heavy atom. The fourth-order valence-electron chi connectivity index (χ4n) is 3.21. The van der Waals surface area contributed by atoms with Crippen LogP contribution in [-0.2, 0) is 0 Å². The molecule has 1 atom stereocenters. The molecule has 1 saturated heterocycles. The van der Waals surface area contributed by atoms with Crippen LogP contribution in [0.2, 0.25) is 0 Å². The van der Waals surface area contributed by atoms with E-state index in [9.17, 15) is 8.78 Å². The molecule has 26 heavy (non-hydrogen) atoms. The molecule has 2 aliphatic heterocycles. The quantitative estimate of drug-likeness (QED) is 0.442. The van der Waals surface area contributed by atoms with Crippen molar-refractivity contribution in [3.05, 3.63) is 66.3 Å². The molecule has 0 spiro atoms. The SMILES string of the molecule is Fc1ccc(I)c(C2=NCCC2)c1.Fc1ccc(I)c(C2CCCN2)c1. The highest BCUT2D eigenvalue weighted by Crippen LogP contribution is 2.27. The summed E-state index contributed by atoms with van der Waals surface area (Å²) in [4.78, 5) is 4.35. The second-order valence-electron chi connectivity index (χ2n) is 6.37. The first-order valence-corrected chi connectivity index (χ1v) is 10.9. The first-order valence-electron chi connectivity index (χ1n) is 8.71. The van der Waals surface area contributed by atoms with Gasteiger partial charge in [0, 0.05) is 31.0 Å². The molecule has 2 heterocycles. The molecule has 2 aliphatic rings. The van der Waals surface area contributed by atoms with Gasteiger partial charge in [-0.05, 0) is 119 Å². The maximum Gasteiger partial charge on any atom is 0.123 e. The molecule has 0 saturated carbocycles. The number of benzene rings is 2. The van der Waals surface area contributed by atoms with Gasteiger partial charge in [0.2, 0.25) is 0 Å².